The number of fused-ring (bicyclic) bond motifs is 1. The summed E-state index contributed by atoms with van der Waals surface area (Å²) in [5.74, 6) is 1.36. The van der Waals surface area contributed by atoms with E-state index in [1.54, 1.807) is 11.3 Å². The molecule has 0 atom stereocenters. The highest BCUT2D eigenvalue weighted by Gasteiger charge is 2.14. The molecule has 0 radical (unpaired) electrons. The van der Waals surface area contributed by atoms with Crippen LogP contribution in [0.5, 0.6) is 11.5 Å². The molecule has 0 aliphatic rings. The number of aryl methyl sites for hydroxylation is 1. The van der Waals surface area contributed by atoms with E-state index in [2.05, 4.69) is 76.7 Å². The van der Waals surface area contributed by atoms with Gasteiger partial charge in [-0.2, -0.15) is 0 Å². The molecule has 188 valence electrons. The second kappa shape index (κ2) is 11.5. The number of aromatic nitrogens is 1. The summed E-state index contributed by atoms with van der Waals surface area (Å²) >= 11 is 11.7. The molecule has 1 heterocycles. The lowest BCUT2D eigenvalue weighted by Crippen LogP contribution is -2.04. The summed E-state index contributed by atoms with van der Waals surface area (Å²) in [5.41, 5.74) is 6.45. The van der Waals surface area contributed by atoms with E-state index < -0.39 is 0 Å². The number of ether oxygens (including phenoxy) is 2. The van der Waals surface area contributed by atoms with Gasteiger partial charge >= 0.3 is 0 Å². The zero-order valence-electron chi connectivity index (χ0n) is 20.6. The van der Waals surface area contributed by atoms with Gasteiger partial charge < -0.3 is 14.8 Å². The van der Waals surface area contributed by atoms with Gasteiger partial charge in [0.25, 0.3) is 0 Å². The molecule has 5 aromatic rings. The molecule has 0 saturated carbocycles. The Hall–Kier alpha value is -3.06. The molecule has 0 saturated heterocycles. The first-order chi connectivity index (χ1) is 18.0. The van der Waals surface area contributed by atoms with Crippen LogP contribution in [0.25, 0.3) is 20.8 Å². The predicted octanol–water partition coefficient (Wildman–Crippen LogP) is 9.28. The van der Waals surface area contributed by atoms with Crippen molar-refractivity contribution in [2.45, 2.75) is 27.0 Å². The van der Waals surface area contributed by atoms with E-state index in [1.807, 2.05) is 37.3 Å². The molecule has 0 amide bonds. The Kier molecular flexibility index (Phi) is 7.99. The van der Waals surface area contributed by atoms with Gasteiger partial charge in [0.05, 0.1) is 21.3 Å². The molecule has 0 spiro atoms. The van der Waals surface area contributed by atoms with Crippen LogP contribution in [0.3, 0.4) is 0 Å². The van der Waals surface area contributed by atoms with E-state index >= 15 is 0 Å². The van der Waals surface area contributed by atoms with E-state index in [0.29, 0.717) is 36.3 Å². The van der Waals surface area contributed by atoms with Crippen molar-refractivity contribution in [3.05, 3.63) is 105 Å². The van der Waals surface area contributed by atoms with Crippen molar-refractivity contribution in [2.75, 3.05) is 11.9 Å². The van der Waals surface area contributed by atoms with Gasteiger partial charge in [-0.15, -0.1) is 11.3 Å². The number of thiazole rings is 1. The van der Waals surface area contributed by atoms with Gasteiger partial charge in [-0.25, -0.2) is 4.98 Å². The van der Waals surface area contributed by atoms with Gasteiger partial charge in [0.15, 0.2) is 11.5 Å². The average Bonchev–Trinajstić information content (AvgIpc) is 3.32. The summed E-state index contributed by atoms with van der Waals surface area (Å²) < 4.78 is 14.1. The van der Waals surface area contributed by atoms with Gasteiger partial charge in [-0.05, 0) is 95.5 Å². The number of rotatable bonds is 9. The Bertz CT molecular complexity index is 1540. The Morgan fingerprint density at radius 3 is 2.57 bits per heavy atom. The molecule has 0 unspecified atom stereocenters. The molecule has 4 aromatic carbocycles. The first-order valence-corrected chi connectivity index (χ1v) is 14.0. The van der Waals surface area contributed by atoms with Crippen molar-refractivity contribution >= 4 is 54.8 Å². The molecule has 4 nitrogen and oxygen atoms in total. The molecular weight excluding hydrogens is 568 g/mol. The van der Waals surface area contributed by atoms with Crippen molar-refractivity contribution in [3.63, 3.8) is 0 Å². The van der Waals surface area contributed by atoms with Gasteiger partial charge in [0, 0.05) is 28.4 Å². The second-order valence-corrected chi connectivity index (χ2v) is 10.9. The predicted molar refractivity (Wildman–Crippen MR) is 158 cm³/mol. The van der Waals surface area contributed by atoms with Crippen LogP contribution in [0, 0.1) is 6.92 Å². The molecule has 1 aromatic heterocycles. The first-order valence-electron chi connectivity index (χ1n) is 12.0. The van der Waals surface area contributed by atoms with Crippen molar-refractivity contribution in [3.8, 4) is 22.1 Å². The Morgan fingerprint density at radius 1 is 0.973 bits per heavy atom. The summed E-state index contributed by atoms with van der Waals surface area (Å²) in [6, 6.07) is 26.5. The molecule has 0 fully saturated rings. The highest BCUT2D eigenvalue weighted by atomic mass is 79.9. The van der Waals surface area contributed by atoms with E-state index in [0.717, 1.165) is 37.4 Å². The summed E-state index contributed by atoms with van der Waals surface area (Å²) in [4.78, 5) is 4.79. The van der Waals surface area contributed by atoms with Crippen molar-refractivity contribution in [1.82, 2.24) is 4.98 Å². The molecule has 7 heteroatoms. The molecule has 0 bridgehead atoms. The first kappa shape index (κ1) is 25.6. The molecular formula is C30H26BrClN2O2S. The van der Waals surface area contributed by atoms with Gasteiger partial charge in [0.2, 0.25) is 0 Å². The van der Waals surface area contributed by atoms with Crippen LogP contribution in [0.15, 0.2) is 83.3 Å². The third kappa shape index (κ3) is 6.09. The topological polar surface area (TPSA) is 43.4 Å². The van der Waals surface area contributed by atoms with Crippen LogP contribution in [-0.4, -0.2) is 11.6 Å². The quantitative estimate of drug-likeness (QED) is 0.185. The smallest absolute Gasteiger partial charge is 0.175 e. The van der Waals surface area contributed by atoms with Crippen LogP contribution in [-0.2, 0) is 13.2 Å². The van der Waals surface area contributed by atoms with Crippen LogP contribution in [0.2, 0.25) is 5.02 Å². The zero-order valence-corrected chi connectivity index (χ0v) is 23.7. The lowest BCUT2D eigenvalue weighted by molar-refractivity contribution is 0.267. The number of benzene rings is 4. The number of hydrogen-bond acceptors (Lipinski definition) is 5. The SMILES string of the molecule is CCOc1cc(CNc2ccc(-c3nc4ccc(C)cc4s3)cc2)cc(Br)c1OCc1ccccc1Cl. The maximum absolute atomic E-state index is 6.29. The Labute approximate surface area is 234 Å². The molecule has 37 heavy (non-hydrogen) atoms. The summed E-state index contributed by atoms with van der Waals surface area (Å²) in [6.45, 7) is 5.61. The van der Waals surface area contributed by atoms with Crippen molar-refractivity contribution < 1.29 is 9.47 Å². The lowest BCUT2D eigenvalue weighted by atomic mass is 10.1. The molecule has 5 rings (SSSR count). The highest BCUT2D eigenvalue weighted by molar-refractivity contribution is 9.10. The van der Waals surface area contributed by atoms with Crippen molar-refractivity contribution in [1.29, 1.82) is 0 Å². The maximum atomic E-state index is 6.29. The van der Waals surface area contributed by atoms with Crippen molar-refractivity contribution in [2.24, 2.45) is 0 Å². The van der Waals surface area contributed by atoms with Gasteiger partial charge in [0.1, 0.15) is 11.6 Å². The van der Waals surface area contributed by atoms with E-state index in [4.69, 9.17) is 26.1 Å². The fourth-order valence-corrected chi connectivity index (χ4v) is 5.85. The van der Waals surface area contributed by atoms with Crippen LogP contribution < -0.4 is 14.8 Å². The largest absolute Gasteiger partial charge is 0.490 e. The average molecular weight is 594 g/mol. The number of halogens is 2. The fraction of sp³-hybridized carbons (Fsp3) is 0.167. The minimum absolute atomic E-state index is 0.358. The minimum atomic E-state index is 0.358. The molecule has 1 N–H and O–H groups in total. The highest BCUT2D eigenvalue weighted by Crippen LogP contribution is 2.38. The fourth-order valence-electron chi connectivity index (χ4n) is 3.98. The normalized spacial score (nSPS) is 11.0. The van der Waals surface area contributed by atoms with Crippen LogP contribution in [0.1, 0.15) is 23.6 Å². The lowest BCUT2D eigenvalue weighted by Gasteiger charge is -2.16. The van der Waals surface area contributed by atoms with E-state index in [1.165, 1.54) is 10.3 Å². The van der Waals surface area contributed by atoms with Gasteiger partial charge in [-0.3, -0.25) is 0 Å². The van der Waals surface area contributed by atoms with Crippen LogP contribution in [0.4, 0.5) is 5.69 Å². The molecule has 0 aliphatic heterocycles. The maximum Gasteiger partial charge on any atom is 0.175 e. The molecule has 0 aliphatic carbocycles. The number of nitrogens with zero attached hydrogens (tertiary/aromatic N) is 1. The Balaban J connectivity index is 1.27. The van der Waals surface area contributed by atoms with E-state index in [-0.39, 0.29) is 0 Å². The summed E-state index contributed by atoms with van der Waals surface area (Å²) in [5, 5.41) is 5.22. The second-order valence-electron chi connectivity index (χ2n) is 8.64. The summed E-state index contributed by atoms with van der Waals surface area (Å²) in [7, 11) is 0. The standard InChI is InChI=1S/C30H26BrClN2O2S/c1-3-35-27-16-20(15-24(31)29(27)36-18-22-6-4-5-7-25(22)32)17-33-23-11-9-21(10-12-23)30-34-26-13-8-19(2)14-28(26)37-30/h4-16,33H,3,17-18H2,1-2H3. The third-order valence-corrected chi connectivity index (χ3v) is 7.90. The summed E-state index contributed by atoms with van der Waals surface area (Å²) in [6.07, 6.45) is 0. The Morgan fingerprint density at radius 2 is 1.78 bits per heavy atom. The third-order valence-electron chi connectivity index (χ3n) is 5.87. The number of hydrogen-bond donors (Lipinski definition) is 1. The minimum Gasteiger partial charge on any atom is -0.490 e. The van der Waals surface area contributed by atoms with Gasteiger partial charge in [-0.1, -0.05) is 35.9 Å². The number of nitrogens with one attached hydrogen (secondary N) is 1. The zero-order chi connectivity index (χ0) is 25.8. The van der Waals surface area contributed by atoms with E-state index in [9.17, 15) is 0 Å². The number of anilines is 1. The monoisotopic (exact) mass is 592 g/mol. The van der Waals surface area contributed by atoms with Crippen LogP contribution >= 0.6 is 38.9 Å².